The third-order valence-electron chi connectivity index (χ3n) is 3.99. The number of methoxy groups -OCH3 is 1. The fourth-order valence-corrected chi connectivity index (χ4v) is 3.09. The maximum absolute atomic E-state index is 13.0. The summed E-state index contributed by atoms with van der Waals surface area (Å²) in [7, 11) is 1.23. The molecule has 0 atom stereocenters. The van der Waals surface area contributed by atoms with Crippen molar-refractivity contribution in [2.45, 2.75) is 6.54 Å². The Morgan fingerprint density at radius 2 is 2.00 bits per heavy atom. The summed E-state index contributed by atoms with van der Waals surface area (Å²) < 4.78 is 6.23. The van der Waals surface area contributed by atoms with Crippen LogP contribution in [0.15, 0.2) is 48.5 Å². The van der Waals surface area contributed by atoms with Crippen LogP contribution in [-0.4, -0.2) is 33.8 Å². The van der Waals surface area contributed by atoms with Crippen LogP contribution in [0.4, 0.5) is 15.3 Å². The Morgan fingerprint density at radius 3 is 2.76 bits per heavy atom. The van der Waals surface area contributed by atoms with Gasteiger partial charge in [0, 0.05) is 5.02 Å². The molecule has 0 saturated heterocycles. The molecule has 8 heteroatoms. The molecule has 0 saturated carbocycles. The highest BCUT2D eigenvalue weighted by Gasteiger charge is 2.38. The summed E-state index contributed by atoms with van der Waals surface area (Å²) in [5.41, 5.74) is 1.91. The molecule has 0 bridgehead atoms. The minimum Gasteiger partial charge on any atom is -0.451 e. The lowest BCUT2D eigenvalue weighted by Gasteiger charge is -2.37. The number of carbonyl (C=O) groups excluding carboxylic acids is 2. The Hall–Kier alpha value is -3.06. The van der Waals surface area contributed by atoms with Crippen LogP contribution >= 0.6 is 11.6 Å². The zero-order valence-electron chi connectivity index (χ0n) is 13.2. The van der Waals surface area contributed by atoms with Crippen LogP contribution in [0.3, 0.4) is 0 Å². The molecule has 1 aliphatic heterocycles. The minimum atomic E-state index is -0.784. The molecule has 0 spiro atoms. The van der Waals surface area contributed by atoms with Crippen LogP contribution in [-0.2, 0) is 11.3 Å². The van der Waals surface area contributed by atoms with E-state index in [9.17, 15) is 9.59 Å². The molecule has 0 unspecified atom stereocenters. The number of halogens is 1. The van der Waals surface area contributed by atoms with Gasteiger partial charge in [-0.15, -0.1) is 5.01 Å². The average Bonchev–Trinajstić information content (AvgIpc) is 2.99. The van der Waals surface area contributed by atoms with Crippen LogP contribution in [0, 0.1) is 0 Å². The molecule has 1 aromatic heterocycles. The van der Waals surface area contributed by atoms with Gasteiger partial charge in [-0.05, 0) is 30.3 Å². The molecule has 0 radical (unpaired) electrons. The van der Waals surface area contributed by atoms with E-state index in [2.05, 4.69) is 4.98 Å². The number of aromatic nitrogens is 2. The molecule has 2 amide bonds. The monoisotopic (exact) mass is 356 g/mol. The third kappa shape index (κ3) is 2.40. The van der Waals surface area contributed by atoms with Crippen molar-refractivity contribution in [1.82, 2.24) is 14.6 Å². The number of hydrogen-bond acceptors (Lipinski definition) is 5. The minimum absolute atomic E-state index is 0.218. The number of para-hydroxylation sites is 2. The molecule has 1 aliphatic rings. The summed E-state index contributed by atoms with van der Waals surface area (Å²) in [6.07, 6.45) is -0.784. The van der Waals surface area contributed by atoms with Crippen molar-refractivity contribution in [3.05, 3.63) is 59.4 Å². The van der Waals surface area contributed by atoms with Gasteiger partial charge in [-0.2, -0.15) is 0 Å². The van der Waals surface area contributed by atoms with Crippen LogP contribution in [0.1, 0.15) is 5.82 Å². The van der Waals surface area contributed by atoms with Crippen LogP contribution in [0.2, 0.25) is 5.02 Å². The summed E-state index contributed by atoms with van der Waals surface area (Å²) in [5.74, 6) is 0.534. The molecule has 4 rings (SSSR count). The number of fused-ring (bicyclic) bond motifs is 3. The smallest absolute Gasteiger partial charge is 0.437 e. The van der Waals surface area contributed by atoms with Crippen molar-refractivity contribution < 1.29 is 14.3 Å². The summed E-state index contributed by atoms with van der Waals surface area (Å²) in [6.45, 7) is 0.218. The molecule has 126 valence electrons. The zero-order valence-corrected chi connectivity index (χ0v) is 14.0. The van der Waals surface area contributed by atoms with Gasteiger partial charge in [0.15, 0.2) is 0 Å². The number of imidazole rings is 1. The number of nitrogens with zero attached hydrogens (tertiary/aromatic N) is 4. The molecular formula is C17H13ClN4O3. The van der Waals surface area contributed by atoms with Crippen molar-refractivity contribution in [1.29, 1.82) is 0 Å². The Morgan fingerprint density at radius 1 is 1.20 bits per heavy atom. The summed E-state index contributed by atoms with van der Waals surface area (Å²) in [4.78, 5) is 29.8. The summed E-state index contributed by atoms with van der Waals surface area (Å²) in [5, 5.41) is 2.95. The van der Waals surface area contributed by atoms with Gasteiger partial charge in [-0.25, -0.2) is 19.1 Å². The first-order valence-electron chi connectivity index (χ1n) is 7.52. The predicted octanol–water partition coefficient (Wildman–Crippen LogP) is 3.66. The topological polar surface area (TPSA) is 67.7 Å². The second kappa shape index (κ2) is 5.78. The van der Waals surface area contributed by atoms with Gasteiger partial charge in [0.05, 0.1) is 30.4 Å². The lowest BCUT2D eigenvalue weighted by atomic mass is 10.3. The Bertz CT molecular complexity index is 1000. The normalized spacial score (nSPS) is 13.9. The SMILES string of the molecule is COC(=O)N1C(=O)n2c(nc3ccccc32)CN1c1cccc(Cl)c1. The quantitative estimate of drug-likeness (QED) is 0.665. The maximum Gasteiger partial charge on any atom is 0.437 e. The number of rotatable bonds is 1. The Labute approximate surface area is 147 Å². The van der Waals surface area contributed by atoms with E-state index >= 15 is 0 Å². The molecule has 3 aromatic rings. The average molecular weight is 357 g/mol. The highest BCUT2D eigenvalue weighted by molar-refractivity contribution is 6.30. The van der Waals surface area contributed by atoms with Gasteiger partial charge >= 0.3 is 12.1 Å². The van der Waals surface area contributed by atoms with Crippen molar-refractivity contribution in [3.63, 3.8) is 0 Å². The third-order valence-corrected chi connectivity index (χ3v) is 4.22. The molecule has 25 heavy (non-hydrogen) atoms. The van der Waals surface area contributed by atoms with E-state index in [0.717, 1.165) is 5.01 Å². The van der Waals surface area contributed by atoms with E-state index in [1.54, 1.807) is 30.3 Å². The number of ether oxygens (including phenoxy) is 1. The van der Waals surface area contributed by atoms with E-state index in [1.807, 2.05) is 18.2 Å². The van der Waals surface area contributed by atoms with E-state index in [1.165, 1.54) is 16.7 Å². The number of carbonyl (C=O) groups is 2. The van der Waals surface area contributed by atoms with Crippen molar-refractivity contribution >= 4 is 40.4 Å². The lowest BCUT2D eigenvalue weighted by Crippen LogP contribution is -2.55. The van der Waals surface area contributed by atoms with Gasteiger partial charge in [-0.1, -0.05) is 29.8 Å². The second-order valence-electron chi connectivity index (χ2n) is 5.45. The van der Waals surface area contributed by atoms with Crippen LogP contribution in [0.5, 0.6) is 0 Å². The zero-order chi connectivity index (χ0) is 17.6. The van der Waals surface area contributed by atoms with Gasteiger partial charge in [0.25, 0.3) is 0 Å². The second-order valence-corrected chi connectivity index (χ2v) is 5.89. The number of imide groups is 1. The Balaban J connectivity index is 1.90. The largest absolute Gasteiger partial charge is 0.451 e. The Kier molecular flexibility index (Phi) is 3.58. The molecule has 0 N–H and O–H groups in total. The standard InChI is InChI=1S/C17H13ClN4O3/c1-25-17(24)22-16(23)21-14-8-3-2-7-13(14)19-15(21)10-20(22)12-6-4-5-11(18)9-12/h2-9H,10H2,1H3. The first-order chi connectivity index (χ1) is 12.1. The number of hydrogen-bond donors (Lipinski definition) is 0. The molecule has 0 fully saturated rings. The summed E-state index contributed by atoms with van der Waals surface area (Å²) >= 11 is 6.06. The van der Waals surface area contributed by atoms with Crippen molar-refractivity contribution in [2.24, 2.45) is 0 Å². The van der Waals surface area contributed by atoms with Gasteiger partial charge in [-0.3, -0.25) is 5.01 Å². The molecule has 2 heterocycles. The van der Waals surface area contributed by atoms with Crippen molar-refractivity contribution in [3.8, 4) is 0 Å². The lowest BCUT2D eigenvalue weighted by molar-refractivity contribution is 0.121. The first-order valence-corrected chi connectivity index (χ1v) is 7.89. The van der Waals surface area contributed by atoms with Crippen LogP contribution in [0.25, 0.3) is 11.0 Å². The fraction of sp³-hybridized carbons (Fsp3) is 0.118. The number of anilines is 1. The van der Waals surface area contributed by atoms with Crippen LogP contribution < -0.4 is 5.01 Å². The predicted molar refractivity (Wildman–Crippen MR) is 92.4 cm³/mol. The van der Waals surface area contributed by atoms with E-state index < -0.39 is 12.1 Å². The molecule has 2 aromatic carbocycles. The number of benzene rings is 2. The molecule has 0 aliphatic carbocycles. The van der Waals surface area contributed by atoms with Gasteiger partial charge in [0.2, 0.25) is 0 Å². The first kappa shape index (κ1) is 15.5. The van der Waals surface area contributed by atoms with Gasteiger partial charge < -0.3 is 4.74 Å². The number of hydrazine groups is 1. The fourth-order valence-electron chi connectivity index (χ4n) is 2.90. The molecular weight excluding hydrogens is 344 g/mol. The molecule has 7 nitrogen and oxygen atoms in total. The summed E-state index contributed by atoms with van der Waals surface area (Å²) in [6, 6.07) is 13.6. The maximum atomic E-state index is 13.0. The van der Waals surface area contributed by atoms with E-state index in [4.69, 9.17) is 16.3 Å². The highest BCUT2D eigenvalue weighted by Crippen LogP contribution is 2.29. The van der Waals surface area contributed by atoms with E-state index in [-0.39, 0.29) is 6.54 Å². The highest BCUT2D eigenvalue weighted by atomic mass is 35.5. The van der Waals surface area contributed by atoms with Crippen molar-refractivity contribution in [2.75, 3.05) is 12.1 Å². The number of amides is 2. The van der Waals surface area contributed by atoms with E-state index in [0.29, 0.717) is 27.6 Å². The van der Waals surface area contributed by atoms with Gasteiger partial charge in [0.1, 0.15) is 5.82 Å².